The van der Waals surface area contributed by atoms with Gasteiger partial charge in [-0.05, 0) is 54.3 Å². The Morgan fingerprint density at radius 2 is 1.59 bits per heavy atom. The van der Waals surface area contributed by atoms with Gasteiger partial charge in [-0.1, -0.05) is 63.6 Å². The number of pyridine rings is 1. The van der Waals surface area contributed by atoms with Gasteiger partial charge in [0, 0.05) is 40.0 Å². The molecule has 0 aliphatic rings. The Kier molecular flexibility index (Phi) is 12.1. The molecule has 0 radical (unpaired) electrons. The van der Waals surface area contributed by atoms with Gasteiger partial charge in [0.1, 0.15) is 0 Å². The van der Waals surface area contributed by atoms with Gasteiger partial charge in [0.25, 0.3) is 11.8 Å². The minimum Gasteiger partial charge on any atom is -0.355 e. The van der Waals surface area contributed by atoms with Crippen molar-refractivity contribution in [3.63, 3.8) is 0 Å². The van der Waals surface area contributed by atoms with Gasteiger partial charge < -0.3 is 10.6 Å². The van der Waals surface area contributed by atoms with Crippen molar-refractivity contribution in [2.24, 2.45) is 0 Å². The van der Waals surface area contributed by atoms with Crippen LogP contribution in [0.25, 0.3) is 0 Å². The number of hydrogen-bond donors (Lipinski definition) is 2. The van der Waals surface area contributed by atoms with Gasteiger partial charge in [0.05, 0.1) is 0 Å². The Morgan fingerprint density at radius 3 is 2.16 bits per heavy atom. The van der Waals surface area contributed by atoms with E-state index in [2.05, 4.69) is 29.5 Å². The fraction of sp³-hybridized carbons (Fsp3) is 0.296. The Balaban J connectivity index is 0. The lowest BCUT2D eigenvalue weighted by molar-refractivity contribution is 0.0947. The zero-order valence-electron chi connectivity index (χ0n) is 20.0. The highest BCUT2D eigenvalue weighted by Gasteiger charge is 2.05. The van der Waals surface area contributed by atoms with Crippen molar-refractivity contribution in [3.05, 3.63) is 101 Å². The summed E-state index contributed by atoms with van der Waals surface area (Å²) in [5.41, 5.74) is 4.69. The maximum Gasteiger partial charge on any atom is 0.251 e. The molecule has 5 heteroatoms. The van der Waals surface area contributed by atoms with Crippen LogP contribution in [0, 0.1) is 6.92 Å². The van der Waals surface area contributed by atoms with E-state index in [4.69, 9.17) is 0 Å². The van der Waals surface area contributed by atoms with Crippen LogP contribution in [-0.4, -0.2) is 23.8 Å². The molecular weight excluding hydrogens is 398 g/mol. The average molecular weight is 438 g/mol. The van der Waals surface area contributed by atoms with Gasteiger partial charge in [-0.25, -0.2) is 0 Å². The molecule has 2 N–H and O–H groups in total. The molecule has 2 amide bonds. The predicted octanol–water partition coefficient (Wildman–Crippen LogP) is 6.01. The number of aromatic nitrogens is 1. The second-order valence-corrected chi connectivity index (χ2v) is 7.27. The molecule has 3 aromatic rings. The van der Waals surface area contributed by atoms with E-state index >= 15 is 0 Å². The molecule has 0 spiro atoms. The lowest BCUT2D eigenvalue weighted by atomic mass is 10.0. The van der Waals surface area contributed by atoms with Gasteiger partial charge >= 0.3 is 0 Å². The number of aryl methyl sites for hydroxylation is 1. The molecular formula is C27H39N3O2. The zero-order valence-corrected chi connectivity index (χ0v) is 20.0. The van der Waals surface area contributed by atoms with E-state index in [0.717, 1.165) is 16.7 Å². The van der Waals surface area contributed by atoms with E-state index in [1.54, 1.807) is 19.4 Å². The van der Waals surface area contributed by atoms with Crippen molar-refractivity contribution in [1.29, 1.82) is 0 Å². The van der Waals surface area contributed by atoms with Crippen LogP contribution in [-0.2, 0) is 6.54 Å². The lowest BCUT2D eigenvalue weighted by Crippen LogP contribution is -2.22. The summed E-state index contributed by atoms with van der Waals surface area (Å²) in [4.78, 5) is 27.1. The van der Waals surface area contributed by atoms with E-state index in [-0.39, 0.29) is 14.7 Å². The van der Waals surface area contributed by atoms with E-state index in [9.17, 15) is 9.59 Å². The van der Waals surface area contributed by atoms with Crippen LogP contribution < -0.4 is 10.6 Å². The molecule has 2 aromatic carbocycles. The Bertz CT molecular complexity index is 980. The molecule has 174 valence electrons. The molecule has 0 bridgehead atoms. The third kappa shape index (κ3) is 9.13. The van der Waals surface area contributed by atoms with Crippen molar-refractivity contribution in [2.45, 2.75) is 47.1 Å². The van der Waals surface area contributed by atoms with Gasteiger partial charge in [0.2, 0.25) is 0 Å². The first-order chi connectivity index (χ1) is 15.4. The summed E-state index contributed by atoms with van der Waals surface area (Å²) in [7, 11) is 1.64. The fourth-order valence-electron chi connectivity index (χ4n) is 2.76. The molecule has 0 saturated carbocycles. The molecule has 32 heavy (non-hydrogen) atoms. The van der Waals surface area contributed by atoms with Crippen molar-refractivity contribution in [3.8, 4) is 0 Å². The Hall–Kier alpha value is -3.47. The normalized spacial score (nSPS) is 9.59. The first-order valence-corrected chi connectivity index (χ1v) is 11.0. The lowest BCUT2D eigenvalue weighted by Gasteiger charge is -2.06. The van der Waals surface area contributed by atoms with E-state index in [1.165, 1.54) is 5.56 Å². The van der Waals surface area contributed by atoms with Crippen molar-refractivity contribution < 1.29 is 12.4 Å². The number of benzene rings is 2. The van der Waals surface area contributed by atoms with Crippen LogP contribution in [0.15, 0.2) is 73.1 Å². The van der Waals surface area contributed by atoms with Crippen LogP contribution in [0.2, 0.25) is 0 Å². The van der Waals surface area contributed by atoms with Gasteiger partial charge in [0.15, 0.2) is 0 Å². The van der Waals surface area contributed by atoms with Crippen LogP contribution >= 0.6 is 0 Å². The first-order valence-electron chi connectivity index (χ1n) is 11.0. The Morgan fingerprint density at radius 1 is 0.938 bits per heavy atom. The minimum absolute atomic E-state index is 0. The molecule has 0 aliphatic heterocycles. The number of amides is 2. The summed E-state index contributed by atoms with van der Waals surface area (Å²) in [6.07, 6.45) is 3.46. The van der Waals surface area contributed by atoms with Crippen LogP contribution in [0.5, 0.6) is 0 Å². The molecule has 0 unspecified atom stereocenters. The minimum atomic E-state index is -0.0578. The molecule has 0 aliphatic carbocycles. The van der Waals surface area contributed by atoms with Crippen LogP contribution in [0.1, 0.15) is 73.9 Å². The molecule has 1 heterocycles. The monoisotopic (exact) mass is 437 g/mol. The van der Waals surface area contributed by atoms with Gasteiger partial charge in [-0.15, -0.1) is 0 Å². The Labute approximate surface area is 195 Å². The molecule has 1 aromatic heterocycles. The first kappa shape index (κ1) is 26.6. The number of carbonyl (C=O) groups excluding carboxylic acids is 2. The SMILES string of the molecule is CC.CNC(=O)c1cccc(C(C)C)c1.Cc1cccc(C(=O)NCc2cccnc2)c1.[HH].[HH]. The summed E-state index contributed by atoms with van der Waals surface area (Å²) < 4.78 is 0. The second-order valence-electron chi connectivity index (χ2n) is 7.27. The summed E-state index contributed by atoms with van der Waals surface area (Å²) in [5.74, 6) is 0.379. The highest BCUT2D eigenvalue weighted by molar-refractivity contribution is 5.94. The summed E-state index contributed by atoms with van der Waals surface area (Å²) in [6.45, 7) is 10.7. The van der Waals surface area contributed by atoms with Crippen LogP contribution in [0.3, 0.4) is 0 Å². The fourth-order valence-corrected chi connectivity index (χ4v) is 2.76. The molecule has 0 atom stereocenters. The van der Waals surface area contributed by atoms with Crippen molar-refractivity contribution in [2.75, 3.05) is 7.05 Å². The molecule has 0 saturated heterocycles. The van der Waals surface area contributed by atoms with Crippen molar-refractivity contribution in [1.82, 2.24) is 15.6 Å². The van der Waals surface area contributed by atoms with Crippen LogP contribution in [0.4, 0.5) is 0 Å². The topological polar surface area (TPSA) is 71.1 Å². The maximum absolute atomic E-state index is 11.8. The average Bonchev–Trinajstić information content (AvgIpc) is 2.84. The standard InChI is InChI=1S/C14H14N2O.C11H15NO.C2H6.2H2/c1-11-4-2-6-13(8-11)14(17)16-10-12-5-3-7-15-9-12;1-8(2)9-5-4-6-10(7-9)11(13)12-3;1-2;;/h2-9H,10H2,1H3,(H,16,17);4-8H,1-3H3,(H,12,13);1-2H3;2*1H. The summed E-state index contributed by atoms with van der Waals surface area (Å²) >= 11 is 0. The quantitative estimate of drug-likeness (QED) is 0.514. The summed E-state index contributed by atoms with van der Waals surface area (Å²) in [6, 6.07) is 19.0. The van der Waals surface area contributed by atoms with E-state index in [0.29, 0.717) is 18.0 Å². The zero-order chi connectivity index (χ0) is 23.9. The smallest absolute Gasteiger partial charge is 0.251 e. The highest BCUT2D eigenvalue weighted by Crippen LogP contribution is 2.15. The molecule has 0 fully saturated rings. The number of rotatable bonds is 5. The highest BCUT2D eigenvalue weighted by atomic mass is 16.2. The number of carbonyl (C=O) groups is 2. The van der Waals surface area contributed by atoms with E-state index < -0.39 is 0 Å². The number of hydrogen-bond acceptors (Lipinski definition) is 3. The molecule has 3 rings (SSSR count). The summed E-state index contributed by atoms with van der Waals surface area (Å²) in [5, 5.41) is 5.47. The van der Waals surface area contributed by atoms with Gasteiger partial charge in [-0.3, -0.25) is 14.6 Å². The maximum atomic E-state index is 11.8. The van der Waals surface area contributed by atoms with Gasteiger partial charge in [-0.2, -0.15) is 0 Å². The third-order valence-corrected chi connectivity index (χ3v) is 4.50. The predicted molar refractivity (Wildman–Crippen MR) is 136 cm³/mol. The van der Waals surface area contributed by atoms with E-state index in [1.807, 2.05) is 81.4 Å². The second kappa shape index (κ2) is 14.5. The number of nitrogens with one attached hydrogen (secondary N) is 2. The number of nitrogens with zero attached hydrogens (tertiary/aromatic N) is 1. The largest absolute Gasteiger partial charge is 0.355 e. The molecule has 5 nitrogen and oxygen atoms in total. The third-order valence-electron chi connectivity index (χ3n) is 4.50. The van der Waals surface area contributed by atoms with Crippen molar-refractivity contribution >= 4 is 11.8 Å².